The van der Waals surface area contributed by atoms with Gasteiger partial charge in [-0.1, -0.05) is 24.3 Å². The van der Waals surface area contributed by atoms with Crippen LogP contribution in [0.1, 0.15) is 5.69 Å². The minimum atomic E-state index is 0.780. The highest BCUT2D eigenvalue weighted by atomic mass is 15.3. The molecule has 0 bridgehead atoms. The molecule has 4 rings (SSSR count). The number of hydrogen-bond acceptors (Lipinski definition) is 4. The normalized spacial score (nSPS) is 26.1. The van der Waals surface area contributed by atoms with Gasteiger partial charge in [-0.05, 0) is 18.8 Å². The van der Waals surface area contributed by atoms with Crippen LogP contribution in [-0.4, -0.2) is 36.4 Å². The van der Waals surface area contributed by atoms with Gasteiger partial charge in [0.15, 0.2) is 5.82 Å². The van der Waals surface area contributed by atoms with Gasteiger partial charge in [0.25, 0.3) is 0 Å². The Bertz CT molecular complexity index is 613. The van der Waals surface area contributed by atoms with Crippen LogP contribution in [0.5, 0.6) is 0 Å². The Balaban J connectivity index is 1.78. The molecule has 4 heteroatoms. The summed E-state index contributed by atoms with van der Waals surface area (Å²) >= 11 is 0. The van der Waals surface area contributed by atoms with Gasteiger partial charge < -0.3 is 10.2 Å². The van der Waals surface area contributed by atoms with Gasteiger partial charge in [-0.25, -0.2) is 0 Å². The average Bonchev–Trinajstić information content (AvgIpc) is 3.00. The van der Waals surface area contributed by atoms with Crippen LogP contribution in [0.3, 0.4) is 0 Å². The maximum absolute atomic E-state index is 4.47. The van der Waals surface area contributed by atoms with E-state index in [2.05, 4.69) is 44.7 Å². The lowest BCUT2D eigenvalue weighted by molar-refractivity contribution is 0.533. The molecule has 19 heavy (non-hydrogen) atoms. The van der Waals surface area contributed by atoms with Crippen molar-refractivity contribution in [3.05, 3.63) is 30.0 Å². The lowest BCUT2D eigenvalue weighted by Crippen LogP contribution is -2.26. The van der Waals surface area contributed by atoms with Crippen LogP contribution < -0.4 is 10.2 Å². The summed E-state index contributed by atoms with van der Waals surface area (Å²) in [6, 6.07) is 8.47. The third kappa shape index (κ3) is 1.70. The Kier molecular flexibility index (Phi) is 2.45. The molecule has 0 saturated carbocycles. The lowest BCUT2D eigenvalue weighted by Gasteiger charge is -2.20. The molecule has 1 aromatic carbocycles. The molecule has 4 nitrogen and oxygen atoms in total. The number of aromatic nitrogens is 2. The predicted molar refractivity (Wildman–Crippen MR) is 76.3 cm³/mol. The summed E-state index contributed by atoms with van der Waals surface area (Å²) in [5.41, 5.74) is 1.01. The first-order chi connectivity index (χ1) is 9.33. The first-order valence-electron chi connectivity index (χ1n) is 7.00. The topological polar surface area (TPSA) is 41.1 Å². The predicted octanol–water partition coefficient (Wildman–Crippen LogP) is 1.59. The number of nitrogens with zero attached hydrogens (tertiary/aromatic N) is 3. The van der Waals surface area contributed by atoms with Crippen molar-refractivity contribution in [1.82, 2.24) is 15.5 Å². The molecule has 98 valence electrons. The quantitative estimate of drug-likeness (QED) is 0.839. The molecule has 2 aliphatic rings. The Morgan fingerprint density at radius 1 is 1.05 bits per heavy atom. The van der Waals surface area contributed by atoms with Crippen molar-refractivity contribution < 1.29 is 0 Å². The molecule has 1 N–H and O–H groups in total. The highest BCUT2D eigenvalue weighted by Crippen LogP contribution is 2.33. The van der Waals surface area contributed by atoms with E-state index in [0.717, 1.165) is 49.5 Å². The first-order valence-corrected chi connectivity index (χ1v) is 7.00. The summed E-state index contributed by atoms with van der Waals surface area (Å²) in [5.74, 6) is 2.62. The van der Waals surface area contributed by atoms with E-state index in [1.165, 1.54) is 10.8 Å². The van der Waals surface area contributed by atoms with E-state index in [9.17, 15) is 0 Å². The molecule has 1 aromatic heterocycles. The second-order valence-electron chi connectivity index (χ2n) is 5.74. The molecule has 3 heterocycles. The van der Waals surface area contributed by atoms with E-state index in [4.69, 9.17) is 0 Å². The van der Waals surface area contributed by atoms with Gasteiger partial charge in [0.1, 0.15) is 0 Å². The molecule has 0 radical (unpaired) electrons. The van der Waals surface area contributed by atoms with E-state index >= 15 is 0 Å². The number of nitrogens with one attached hydrogen (secondary N) is 1. The molecule has 0 unspecified atom stereocenters. The van der Waals surface area contributed by atoms with E-state index < -0.39 is 0 Å². The maximum atomic E-state index is 4.47. The molecule has 2 fully saturated rings. The van der Waals surface area contributed by atoms with Crippen LogP contribution >= 0.6 is 0 Å². The SMILES string of the molecule is Cc1nnc(N2C[C@H]3CNC[C@H]3C2)c2ccccc12. The fraction of sp³-hybridized carbons (Fsp3) is 0.467. The van der Waals surface area contributed by atoms with Crippen molar-refractivity contribution >= 4 is 16.6 Å². The van der Waals surface area contributed by atoms with Gasteiger partial charge in [0.2, 0.25) is 0 Å². The van der Waals surface area contributed by atoms with Crippen LogP contribution in [0.15, 0.2) is 24.3 Å². The highest BCUT2D eigenvalue weighted by Gasteiger charge is 2.37. The van der Waals surface area contributed by atoms with Crippen molar-refractivity contribution in [3.63, 3.8) is 0 Å². The summed E-state index contributed by atoms with van der Waals surface area (Å²) < 4.78 is 0. The summed E-state index contributed by atoms with van der Waals surface area (Å²) in [6.45, 7) is 6.55. The molecule has 0 aliphatic carbocycles. The summed E-state index contributed by atoms with van der Waals surface area (Å²) in [6.07, 6.45) is 0. The number of aryl methyl sites for hydroxylation is 1. The van der Waals surface area contributed by atoms with Crippen molar-refractivity contribution in [2.75, 3.05) is 31.1 Å². The second kappa shape index (κ2) is 4.17. The molecule has 0 amide bonds. The highest BCUT2D eigenvalue weighted by molar-refractivity contribution is 5.93. The van der Waals surface area contributed by atoms with Gasteiger partial charge >= 0.3 is 0 Å². The van der Waals surface area contributed by atoms with E-state index in [0.29, 0.717) is 0 Å². The van der Waals surface area contributed by atoms with Gasteiger partial charge in [-0.3, -0.25) is 0 Å². The minimum Gasteiger partial charge on any atom is -0.354 e. The summed E-state index contributed by atoms with van der Waals surface area (Å²) in [7, 11) is 0. The Morgan fingerprint density at radius 2 is 1.74 bits per heavy atom. The van der Waals surface area contributed by atoms with Crippen molar-refractivity contribution in [3.8, 4) is 0 Å². The van der Waals surface area contributed by atoms with Crippen molar-refractivity contribution in [1.29, 1.82) is 0 Å². The van der Waals surface area contributed by atoms with Gasteiger partial charge in [-0.2, -0.15) is 5.10 Å². The Labute approximate surface area is 112 Å². The van der Waals surface area contributed by atoms with Gasteiger partial charge in [-0.15, -0.1) is 5.10 Å². The third-order valence-electron chi connectivity index (χ3n) is 4.54. The zero-order valence-electron chi connectivity index (χ0n) is 11.1. The van der Waals surface area contributed by atoms with Crippen LogP contribution in [0.4, 0.5) is 5.82 Å². The number of hydrogen-bond donors (Lipinski definition) is 1. The standard InChI is InChI=1S/C15H18N4/c1-10-13-4-2-3-5-14(13)15(18-17-10)19-8-11-6-16-7-12(11)9-19/h2-5,11-12,16H,6-9H2,1H3/t11-,12+. The molecular weight excluding hydrogens is 236 g/mol. The van der Waals surface area contributed by atoms with Gasteiger partial charge in [0, 0.05) is 37.0 Å². The first kappa shape index (κ1) is 11.2. The number of fused-ring (bicyclic) bond motifs is 2. The van der Waals surface area contributed by atoms with Crippen LogP contribution in [0.2, 0.25) is 0 Å². The molecule has 2 aromatic rings. The second-order valence-corrected chi connectivity index (χ2v) is 5.74. The number of rotatable bonds is 1. The Morgan fingerprint density at radius 3 is 2.47 bits per heavy atom. The Hall–Kier alpha value is -1.68. The average molecular weight is 254 g/mol. The molecular formula is C15H18N4. The third-order valence-corrected chi connectivity index (χ3v) is 4.54. The van der Waals surface area contributed by atoms with Crippen molar-refractivity contribution in [2.24, 2.45) is 11.8 Å². The van der Waals surface area contributed by atoms with Crippen LogP contribution in [0, 0.1) is 18.8 Å². The number of benzene rings is 1. The van der Waals surface area contributed by atoms with Crippen LogP contribution in [0.25, 0.3) is 10.8 Å². The monoisotopic (exact) mass is 254 g/mol. The molecule has 2 aliphatic heterocycles. The summed E-state index contributed by atoms with van der Waals surface area (Å²) in [5, 5.41) is 14.8. The zero-order chi connectivity index (χ0) is 12.8. The molecule has 2 atom stereocenters. The van der Waals surface area contributed by atoms with E-state index in [1.807, 2.05) is 6.92 Å². The molecule has 0 spiro atoms. The van der Waals surface area contributed by atoms with E-state index in [-0.39, 0.29) is 0 Å². The van der Waals surface area contributed by atoms with Crippen LogP contribution in [-0.2, 0) is 0 Å². The fourth-order valence-corrected chi connectivity index (χ4v) is 3.49. The number of anilines is 1. The molecule has 2 saturated heterocycles. The fourth-order valence-electron chi connectivity index (χ4n) is 3.49. The zero-order valence-corrected chi connectivity index (χ0v) is 11.1. The smallest absolute Gasteiger partial charge is 0.159 e. The summed E-state index contributed by atoms with van der Waals surface area (Å²) in [4.78, 5) is 2.42. The van der Waals surface area contributed by atoms with Gasteiger partial charge in [0.05, 0.1) is 5.69 Å². The van der Waals surface area contributed by atoms with E-state index in [1.54, 1.807) is 0 Å². The lowest BCUT2D eigenvalue weighted by atomic mass is 10.0. The minimum absolute atomic E-state index is 0.780. The van der Waals surface area contributed by atoms with Crippen molar-refractivity contribution in [2.45, 2.75) is 6.92 Å². The largest absolute Gasteiger partial charge is 0.354 e. The maximum Gasteiger partial charge on any atom is 0.159 e.